The van der Waals surface area contributed by atoms with Crippen molar-refractivity contribution in [2.24, 2.45) is 0 Å². The minimum absolute atomic E-state index is 0.0872. The van der Waals surface area contributed by atoms with E-state index in [4.69, 9.17) is 4.74 Å². The SMILES string of the molecule is CCC[C@H](NC(=O)C(C)(CC)NC(=O)OCC1c2ccccc2-c2ccccc21)C(=O)O. The summed E-state index contributed by atoms with van der Waals surface area (Å²) >= 11 is 0. The Balaban J connectivity index is 1.67. The van der Waals surface area contributed by atoms with Crippen molar-refractivity contribution in [3.05, 3.63) is 59.7 Å². The third kappa shape index (κ3) is 4.77. The van der Waals surface area contributed by atoms with Crippen LogP contribution in [-0.4, -0.2) is 41.3 Å². The molecule has 0 fully saturated rings. The molecule has 3 rings (SSSR count). The normalized spacial score (nSPS) is 15.1. The molecular weight excluding hydrogens is 408 g/mol. The average Bonchev–Trinajstić information content (AvgIpc) is 3.11. The number of hydrogen-bond donors (Lipinski definition) is 3. The molecule has 7 heteroatoms. The molecule has 2 aromatic carbocycles. The van der Waals surface area contributed by atoms with Crippen LogP contribution < -0.4 is 10.6 Å². The first-order valence-corrected chi connectivity index (χ1v) is 11.0. The zero-order valence-electron chi connectivity index (χ0n) is 18.7. The lowest BCUT2D eigenvalue weighted by Crippen LogP contribution is -2.59. The molecule has 0 saturated heterocycles. The maximum absolute atomic E-state index is 12.8. The number of alkyl carbamates (subject to hydrolysis) is 1. The smallest absolute Gasteiger partial charge is 0.408 e. The van der Waals surface area contributed by atoms with Crippen LogP contribution in [-0.2, 0) is 14.3 Å². The summed E-state index contributed by atoms with van der Waals surface area (Å²) in [6.07, 6.45) is 0.487. The van der Waals surface area contributed by atoms with E-state index in [0.29, 0.717) is 12.8 Å². The molecule has 0 radical (unpaired) electrons. The van der Waals surface area contributed by atoms with Gasteiger partial charge in [-0.05, 0) is 42.0 Å². The number of carboxylic acids is 1. The monoisotopic (exact) mass is 438 g/mol. The van der Waals surface area contributed by atoms with Crippen molar-refractivity contribution in [2.45, 2.75) is 57.5 Å². The van der Waals surface area contributed by atoms with Gasteiger partial charge in [-0.25, -0.2) is 9.59 Å². The molecule has 3 N–H and O–H groups in total. The van der Waals surface area contributed by atoms with E-state index in [2.05, 4.69) is 22.8 Å². The Morgan fingerprint density at radius 2 is 1.59 bits per heavy atom. The minimum atomic E-state index is -1.29. The van der Waals surface area contributed by atoms with Crippen LogP contribution in [0.15, 0.2) is 48.5 Å². The Bertz CT molecular complexity index is 960. The van der Waals surface area contributed by atoms with Crippen molar-refractivity contribution in [3.8, 4) is 11.1 Å². The van der Waals surface area contributed by atoms with Gasteiger partial charge in [-0.2, -0.15) is 0 Å². The molecular formula is C25H30N2O5. The summed E-state index contributed by atoms with van der Waals surface area (Å²) in [5.41, 5.74) is 3.17. The molecule has 0 aromatic heterocycles. The summed E-state index contributed by atoms with van der Waals surface area (Å²) < 4.78 is 5.54. The van der Waals surface area contributed by atoms with E-state index < -0.39 is 29.6 Å². The lowest BCUT2D eigenvalue weighted by Gasteiger charge is -2.29. The predicted molar refractivity (Wildman–Crippen MR) is 121 cm³/mol. The molecule has 1 aliphatic rings. The number of hydrogen-bond acceptors (Lipinski definition) is 4. The fourth-order valence-corrected chi connectivity index (χ4v) is 4.03. The highest BCUT2D eigenvalue weighted by Gasteiger charge is 2.36. The van der Waals surface area contributed by atoms with Crippen LogP contribution in [0.2, 0.25) is 0 Å². The number of rotatable bonds is 9. The van der Waals surface area contributed by atoms with Crippen LogP contribution in [0.4, 0.5) is 4.79 Å². The molecule has 2 amide bonds. The quantitative estimate of drug-likeness (QED) is 0.548. The van der Waals surface area contributed by atoms with E-state index in [1.807, 2.05) is 43.3 Å². The fourth-order valence-electron chi connectivity index (χ4n) is 4.03. The first-order chi connectivity index (χ1) is 15.3. The Labute approximate surface area is 188 Å². The second-order valence-corrected chi connectivity index (χ2v) is 8.29. The number of carbonyl (C=O) groups is 3. The molecule has 32 heavy (non-hydrogen) atoms. The molecule has 0 heterocycles. The van der Waals surface area contributed by atoms with Crippen molar-refractivity contribution in [1.82, 2.24) is 10.6 Å². The van der Waals surface area contributed by atoms with Crippen LogP contribution in [0.5, 0.6) is 0 Å². The van der Waals surface area contributed by atoms with Gasteiger partial charge in [0.05, 0.1) is 0 Å². The highest BCUT2D eigenvalue weighted by Crippen LogP contribution is 2.44. The van der Waals surface area contributed by atoms with Gasteiger partial charge in [0.15, 0.2) is 0 Å². The number of fused-ring (bicyclic) bond motifs is 3. The number of carbonyl (C=O) groups excluding carboxylic acids is 2. The maximum Gasteiger partial charge on any atom is 0.408 e. The molecule has 2 atom stereocenters. The molecule has 0 aliphatic heterocycles. The summed E-state index contributed by atoms with van der Waals surface area (Å²) in [5, 5.41) is 14.5. The Morgan fingerprint density at radius 1 is 1.03 bits per heavy atom. The topological polar surface area (TPSA) is 105 Å². The van der Waals surface area contributed by atoms with Crippen LogP contribution >= 0.6 is 0 Å². The minimum Gasteiger partial charge on any atom is -0.480 e. The average molecular weight is 439 g/mol. The number of benzene rings is 2. The molecule has 2 aromatic rings. The molecule has 170 valence electrons. The standard InChI is InChI=1S/C25H30N2O5/c1-4-10-21(22(28)29)26-23(30)25(3,5-2)27-24(31)32-15-20-18-13-8-6-11-16(18)17-12-7-9-14-19(17)20/h6-9,11-14,20-21H,4-5,10,15H2,1-3H3,(H,26,30)(H,27,31)(H,28,29)/t21-,25?/m0/s1. The van der Waals surface area contributed by atoms with Crippen LogP contribution in [0.25, 0.3) is 11.1 Å². The summed E-state index contributed by atoms with van der Waals surface area (Å²) in [5.74, 6) is -1.73. The number of carboxylic acid groups (broad SMARTS) is 1. The van der Waals surface area contributed by atoms with Gasteiger partial charge in [0, 0.05) is 5.92 Å². The second kappa shape index (κ2) is 9.85. The van der Waals surface area contributed by atoms with Gasteiger partial charge in [0.2, 0.25) is 5.91 Å². The highest BCUT2D eigenvalue weighted by molar-refractivity contribution is 5.92. The van der Waals surface area contributed by atoms with Crippen LogP contribution in [0, 0.1) is 0 Å². The fraction of sp³-hybridized carbons (Fsp3) is 0.400. The first-order valence-electron chi connectivity index (χ1n) is 11.0. The van der Waals surface area contributed by atoms with Crippen LogP contribution in [0.3, 0.4) is 0 Å². The van der Waals surface area contributed by atoms with Gasteiger partial charge < -0.3 is 20.5 Å². The zero-order chi connectivity index (χ0) is 23.3. The molecule has 1 unspecified atom stereocenters. The third-order valence-electron chi connectivity index (χ3n) is 6.11. The molecule has 1 aliphatic carbocycles. The number of aliphatic carboxylic acids is 1. The molecule has 0 bridgehead atoms. The molecule has 7 nitrogen and oxygen atoms in total. The van der Waals surface area contributed by atoms with Crippen molar-refractivity contribution in [2.75, 3.05) is 6.61 Å². The van der Waals surface area contributed by atoms with E-state index in [1.54, 1.807) is 13.8 Å². The van der Waals surface area contributed by atoms with Gasteiger partial charge >= 0.3 is 12.1 Å². The van der Waals surface area contributed by atoms with Gasteiger partial charge in [-0.15, -0.1) is 0 Å². The van der Waals surface area contributed by atoms with Gasteiger partial charge in [0.25, 0.3) is 0 Å². The number of nitrogens with one attached hydrogen (secondary N) is 2. The van der Waals surface area contributed by atoms with Gasteiger partial charge in [-0.1, -0.05) is 68.8 Å². The summed E-state index contributed by atoms with van der Waals surface area (Å²) in [6, 6.07) is 15.1. The Kier molecular flexibility index (Phi) is 7.18. The van der Waals surface area contributed by atoms with E-state index in [-0.39, 0.29) is 18.9 Å². The van der Waals surface area contributed by atoms with E-state index in [1.165, 1.54) is 0 Å². The van der Waals surface area contributed by atoms with Gasteiger partial charge in [-0.3, -0.25) is 4.79 Å². The maximum atomic E-state index is 12.8. The summed E-state index contributed by atoms with van der Waals surface area (Å²) in [7, 11) is 0. The van der Waals surface area contributed by atoms with E-state index in [9.17, 15) is 19.5 Å². The van der Waals surface area contributed by atoms with Crippen molar-refractivity contribution in [1.29, 1.82) is 0 Å². The molecule has 0 saturated carbocycles. The van der Waals surface area contributed by atoms with E-state index in [0.717, 1.165) is 22.3 Å². The molecule has 0 spiro atoms. The van der Waals surface area contributed by atoms with Crippen molar-refractivity contribution < 1.29 is 24.2 Å². The Hall–Kier alpha value is -3.35. The zero-order valence-corrected chi connectivity index (χ0v) is 18.7. The Morgan fingerprint density at radius 3 is 2.09 bits per heavy atom. The van der Waals surface area contributed by atoms with Crippen molar-refractivity contribution in [3.63, 3.8) is 0 Å². The number of amides is 2. The largest absolute Gasteiger partial charge is 0.480 e. The van der Waals surface area contributed by atoms with Gasteiger partial charge in [0.1, 0.15) is 18.2 Å². The first kappa shape index (κ1) is 23.3. The number of ether oxygens (including phenoxy) is 1. The summed E-state index contributed by atoms with van der Waals surface area (Å²) in [4.78, 5) is 36.8. The van der Waals surface area contributed by atoms with Crippen LogP contribution in [0.1, 0.15) is 57.1 Å². The highest BCUT2D eigenvalue weighted by atomic mass is 16.5. The lowest BCUT2D eigenvalue weighted by molar-refractivity contribution is -0.143. The lowest BCUT2D eigenvalue weighted by atomic mass is 9.97. The second-order valence-electron chi connectivity index (χ2n) is 8.29. The predicted octanol–water partition coefficient (Wildman–Crippen LogP) is 4.06. The summed E-state index contributed by atoms with van der Waals surface area (Å²) in [6.45, 7) is 5.29. The van der Waals surface area contributed by atoms with E-state index >= 15 is 0 Å². The van der Waals surface area contributed by atoms with Crippen molar-refractivity contribution >= 4 is 18.0 Å². The third-order valence-corrected chi connectivity index (χ3v) is 6.11.